The monoisotopic (exact) mass is 388 g/mol. The summed E-state index contributed by atoms with van der Waals surface area (Å²) in [6.45, 7) is 13.0. The van der Waals surface area contributed by atoms with E-state index < -0.39 is 0 Å². The van der Waals surface area contributed by atoms with Crippen LogP contribution >= 0.6 is 11.3 Å². The molecule has 2 saturated heterocycles. The number of thiazole rings is 1. The fourth-order valence-electron chi connectivity index (χ4n) is 4.15. The zero-order valence-electron chi connectivity index (χ0n) is 16.6. The van der Waals surface area contributed by atoms with Gasteiger partial charge in [0.05, 0.1) is 23.4 Å². The van der Waals surface area contributed by atoms with Crippen LogP contribution in [0.15, 0.2) is 24.3 Å². The number of fused-ring (bicyclic) bond motifs is 1. The number of aromatic nitrogens is 1. The first-order valence-corrected chi connectivity index (χ1v) is 11.0. The fourth-order valence-corrected chi connectivity index (χ4v) is 5.15. The minimum atomic E-state index is 0.273. The van der Waals surface area contributed by atoms with Crippen LogP contribution in [0, 0.1) is 5.41 Å². The van der Waals surface area contributed by atoms with Gasteiger partial charge in [0.1, 0.15) is 0 Å². The quantitative estimate of drug-likeness (QED) is 0.823. The molecule has 3 heterocycles. The fraction of sp³-hybridized carbons (Fsp3) is 0.667. The Kier molecular flexibility index (Phi) is 5.97. The summed E-state index contributed by atoms with van der Waals surface area (Å²) >= 11 is 1.82. The van der Waals surface area contributed by atoms with E-state index in [4.69, 9.17) is 9.72 Å². The normalized spacial score (nSPS) is 22.4. The lowest BCUT2D eigenvalue weighted by Gasteiger charge is -2.38. The molecule has 0 spiro atoms. The van der Waals surface area contributed by atoms with Gasteiger partial charge in [-0.1, -0.05) is 37.3 Å². The smallest absolute Gasteiger partial charge is 0.186 e. The number of nitrogens with zero attached hydrogens (tertiary/aromatic N) is 3. The molecule has 1 N–H and O–H groups in total. The minimum Gasteiger partial charge on any atom is -0.379 e. The van der Waals surface area contributed by atoms with Gasteiger partial charge >= 0.3 is 0 Å². The average molecular weight is 389 g/mol. The maximum absolute atomic E-state index is 5.48. The molecule has 4 rings (SSSR count). The van der Waals surface area contributed by atoms with Crippen LogP contribution in [0.25, 0.3) is 10.2 Å². The van der Waals surface area contributed by atoms with Crippen LogP contribution in [0.3, 0.4) is 0 Å². The van der Waals surface area contributed by atoms with Crippen molar-refractivity contribution in [3.8, 4) is 0 Å². The predicted octanol–water partition coefficient (Wildman–Crippen LogP) is 3.21. The molecule has 0 radical (unpaired) electrons. The number of piperidine rings is 1. The maximum atomic E-state index is 5.48. The van der Waals surface area contributed by atoms with E-state index in [1.807, 2.05) is 11.3 Å². The SMILES string of the molecule is CC(C)(CNC1CCCN(c2nc3ccccc3s2)C1)CN1CCOCC1. The summed E-state index contributed by atoms with van der Waals surface area (Å²) in [6, 6.07) is 9.01. The van der Waals surface area contributed by atoms with Crippen molar-refractivity contribution in [2.24, 2.45) is 5.41 Å². The Bertz CT molecular complexity index is 708. The summed E-state index contributed by atoms with van der Waals surface area (Å²) in [4.78, 5) is 9.87. The van der Waals surface area contributed by atoms with Crippen LogP contribution < -0.4 is 10.2 Å². The van der Waals surface area contributed by atoms with Crippen molar-refractivity contribution < 1.29 is 4.74 Å². The summed E-state index contributed by atoms with van der Waals surface area (Å²) in [6.07, 6.45) is 2.49. The predicted molar refractivity (Wildman–Crippen MR) is 114 cm³/mol. The van der Waals surface area contributed by atoms with E-state index in [9.17, 15) is 0 Å². The number of para-hydroxylation sites is 1. The van der Waals surface area contributed by atoms with Gasteiger partial charge in [-0.05, 0) is 30.4 Å². The van der Waals surface area contributed by atoms with Gasteiger partial charge in [-0.25, -0.2) is 4.98 Å². The Balaban J connectivity index is 1.31. The van der Waals surface area contributed by atoms with Gasteiger partial charge in [0.25, 0.3) is 0 Å². The van der Waals surface area contributed by atoms with Gasteiger partial charge in [0.2, 0.25) is 0 Å². The number of ether oxygens (including phenoxy) is 1. The molecule has 1 unspecified atom stereocenters. The van der Waals surface area contributed by atoms with Crippen LogP contribution in [0.5, 0.6) is 0 Å². The third kappa shape index (κ3) is 4.99. The van der Waals surface area contributed by atoms with E-state index in [0.29, 0.717) is 6.04 Å². The van der Waals surface area contributed by atoms with Crippen LogP contribution in [-0.2, 0) is 4.74 Å². The van der Waals surface area contributed by atoms with E-state index in [1.54, 1.807) is 0 Å². The first kappa shape index (κ1) is 19.1. The van der Waals surface area contributed by atoms with Gasteiger partial charge < -0.3 is 15.0 Å². The molecule has 0 aliphatic carbocycles. The van der Waals surface area contributed by atoms with E-state index in [1.165, 1.54) is 22.7 Å². The van der Waals surface area contributed by atoms with Gasteiger partial charge in [0, 0.05) is 45.3 Å². The van der Waals surface area contributed by atoms with Crippen LogP contribution in [0.4, 0.5) is 5.13 Å². The number of rotatable bonds is 6. The number of benzene rings is 1. The highest BCUT2D eigenvalue weighted by atomic mass is 32.1. The van der Waals surface area contributed by atoms with Crippen molar-refractivity contribution in [3.63, 3.8) is 0 Å². The van der Waals surface area contributed by atoms with Crippen molar-refractivity contribution >= 4 is 26.7 Å². The van der Waals surface area contributed by atoms with Crippen LogP contribution in [0.1, 0.15) is 26.7 Å². The highest BCUT2D eigenvalue weighted by molar-refractivity contribution is 7.22. The first-order valence-electron chi connectivity index (χ1n) is 10.2. The number of hydrogen-bond donors (Lipinski definition) is 1. The van der Waals surface area contributed by atoms with Crippen molar-refractivity contribution in [1.29, 1.82) is 0 Å². The molecule has 2 aliphatic heterocycles. The molecule has 6 heteroatoms. The average Bonchev–Trinajstić information content (AvgIpc) is 3.12. The van der Waals surface area contributed by atoms with Gasteiger partial charge in [-0.15, -0.1) is 0 Å². The molecule has 148 valence electrons. The first-order chi connectivity index (χ1) is 13.1. The summed E-state index contributed by atoms with van der Waals surface area (Å²) in [7, 11) is 0. The minimum absolute atomic E-state index is 0.273. The highest BCUT2D eigenvalue weighted by Crippen LogP contribution is 2.30. The van der Waals surface area contributed by atoms with Crippen LogP contribution in [-0.4, -0.2) is 68.4 Å². The molecule has 1 aromatic carbocycles. The Morgan fingerprint density at radius 1 is 1.22 bits per heavy atom. The van der Waals surface area contributed by atoms with E-state index in [0.717, 1.165) is 58.0 Å². The second kappa shape index (κ2) is 8.43. The molecule has 0 bridgehead atoms. The molecular weight excluding hydrogens is 356 g/mol. The largest absolute Gasteiger partial charge is 0.379 e. The van der Waals surface area contributed by atoms with Crippen molar-refractivity contribution in [2.45, 2.75) is 32.7 Å². The second-order valence-corrected chi connectivity index (χ2v) is 9.69. The maximum Gasteiger partial charge on any atom is 0.186 e. The molecular formula is C21H32N4OS. The van der Waals surface area contributed by atoms with Gasteiger partial charge in [-0.3, -0.25) is 4.90 Å². The third-order valence-corrected chi connectivity index (χ3v) is 6.70. The van der Waals surface area contributed by atoms with E-state index in [-0.39, 0.29) is 5.41 Å². The van der Waals surface area contributed by atoms with Gasteiger partial charge in [-0.2, -0.15) is 0 Å². The number of anilines is 1. The highest BCUT2D eigenvalue weighted by Gasteiger charge is 2.27. The number of nitrogens with one attached hydrogen (secondary N) is 1. The Labute approximate surface area is 166 Å². The molecule has 0 saturated carbocycles. The number of hydrogen-bond acceptors (Lipinski definition) is 6. The summed E-state index contributed by atoms with van der Waals surface area (Å²) in [5.41, 5.74) is 1.40. The molecule has 1 atom stereocenters. The van der Waals surface area contributed by atoms with Crippen LogP contribution in [0.2, 0.25) is 0 Å². The lowest BCUT2D eigenvalue weighted by Crippen LogP contribution is -2.50. The Morgan fingerprint density at radius 3 is 2.85 bits per heavy atom. The van der Waals surface area contributed by atoms with Crippen molar-refractivity contribution in [2.75, 3.05) is 57.4 Å². The standard InChI is InChI=1S/C21H32N4OS/c1-21(2,16-24-10-12-26-13-11-24)15-22-17-6-5-9-25(14-17)20-23-18-7-3-4-8-19(18)27-20/h3-4,7-8,17,22H,5-6,9-16H2,1-2H3. The molecule has 27 heavy (non-hydrogen) atoms. The molecule has 5 nitrogen and oxygen atoms in total. The van der Waals surface area contributed by atoms with Gasteiger partial charge in [0.15, 0.2) is 5.13 Å². The van der Waals surface area contributed by atoms with Crippen molar-refractivity contribution in [1.82, 2.24) is 15.2 Å². The lowest BCUT2D eigenvalue weighted by molar-refractivity contribution is 0.0209. The Hall–Kier alpha value is -1.21. The number of morpholine rings is 1. The molecule has 1 aromatic heterocycles. The second-order valence-electron chi connectivity index (χ2n) is 8.68. The summed E-state index contributed by atoms with van der Waals surface area (Å²) in [5, 5.41) is 5.04. The third-order valence-electron chi connectivity index (χ3n) is 5.60. The summed E-state index contributed by atoms with van der Waals surface area (Å²) < 4.78 is 6.76. The summed E-state index contributed by atoms with van der Waals surface area (Å²) in [5.74, 6) is 0. The topological polar surface area (TPSA) is 40.6 Å². The zero-order chi connectivity index (χ0) is 18.7. The van der Waals surface area contributed by atoms with E-state index in [2.05, 4.69) is 53.2 Å². The van der Waals surface area contributed by atoms with Crippen molar-refractivity contribution in [3.05, 3.63) is 24.3 Å². The Morgan fingerprint density at radius 2 is 2.04 bits per heavy atom. The lowest BCUT2D eigenvalue weighted by atomic mass is 9.91. The van der Waals surface area contributed by atoms with E-state index >= 15 is 0 Å². The molecule has 2 aliphatic rings. The molecule has 2 fully saturated rings. The molecule has 0 amide bonds. The zero-order valence-corrected chi connectivity index (χ0v) is 17.4. The molecule has 2 aromatic rings.